The van der Waals surface area contributed by atoms with Crippen LogP contribution in [0.3, 0.4) is 0 Å². The lowest BCUT2D eigenvalue weighted by Gasteiger charge is -2.30. The highest BCUT2D eigenvalue weighted by Gasteiger charge is 2.28. The summed E-state index contributed by atoms with van der Waals surface area (Å²) in [4.78, 5) is 38.4. The number of rotatable bonds is 7. The molecule has 0 aromatic heterocycles. The summed E-state index contributed by atoms with van der Waals surface area (Å²) in [7, 11) is 0. The molecule has 0 unspecified atom stereocenters. The van der Waals surface area contributed by atoms with E-state index in [0.29, 0.717) is 56.1 Å². The second-order valence-corrected chi connectivity index (χ2v) is 7.44. The molecule has 0 spiro atoms. The number of piperidine rings is 1. The molecule has 0 saturated carbocycles. The zero-order valence-corrected chi connectivity index (χ0v) is 18.4. The van der Waals surface area contributed by atoms with Crippen LogP contribution in [0.15, 0.2) is 48.5 Å². The number of ether oxygens (including phenoxy) is 2. The summed E-state index contributed by atoms with van der Waals surface area (Å²) in [5, 5.41) is 5.73. The van der Waals surface area contributed by atoms with Crippen LogP contribution in [0.4, 0.5) is 16.2 Å². The molecule has 8 heteroatoms. The molecule has 0 bridgehead atoms. The molecular weight excluding hydrogens is 410 g/mol. The van der Waals surface area contributed by atoms with Gasteiger partial charge in [-0.1, -0.05) is 0 Å². The normalized spacial score (nSPS) is 13.9. The van der Waals surface area contributed by atoms with E-state index in [1.54, 1.807) is 60.4 Å². The zero-order chi connectivity index (χ0) is 22.9. The third kappa shape index (κ3) is 6.23. The van der Waals surface area contributed by atoms with Gasteiger partial charge in [-0.3, -0.25) is 9.59 Å². The van der Waals surface area contributed by atoms with Gasteiger partial charge in [-0.2, -0.15) is 0 Å². The van der Waals surface area contributed by atoms with E-state index in [1.807, 2.05) is 6.92 Å². The maximum Gasteiger partial charge on any atom is 0.409 e. The first-order valence-corrected chi connectivity index (χ1v) is 10.9. The van der Waals surface area contributed by atoms with Gasteiger partial charge in [0.2, 0.25) is 5.91 Å². The molecule has 2 aromatic carbocycles. The van der Waals surface area contributed by atoms with Crippen molar-refractivity contribution in [3.8, 4) is 5.75 Å². The zero-order valence-electron chi connectivity index (χ0n) is 18.4. The molecule has 3 rings (SSSR count). The summed E-state index contributed by atoms with van der Waals surface area (Å²) >= 11 is 0. The van der Waals surface area contributed by atoms with Gasteiger partial charge in [0.05, 0.1) is 13.2 Å². The van der Waals surface area contributed by atoms with Crippen molar-refractivity contribution < 1.29 is 23.9 Å². The smallest absolute Gasteiger partial charge is 0.409 e. The van der Waals surface area contributed by atoms with E-state index in [0.717, 1.165) is 5.75 Å². The van der Waals surface area contributed by atoms with Crippen molar-refractivity contribution in [1.82, 2.24) is 4.90 Å². The highest BCUT2D eigenvalue weighted by molar-refractivity contribution is 6.04. The van der Waals surface area contributed by atoms with Crippen LogP contribution in [-0.4, -0.2) is 49.1 Å². The van der Waals surface area contributed by atoms with Crippen LogP contribution in [0, 0.1) is 5.92 Å². The predicted molar refractivity (Wildman–Crippen MR) is 122 cm³/mol. The molecule has 0 aliphatic carbocycles. The van der Waals surface area contributed by atoms with E-state index in [-0.39, 0.29) is 23.8 Å². The molecule has 32 heavy (non-hydrogen) atoms. The molecule has 3 amide bonds. The van der Waals surface area contributed by atoms with Gasteiger partial charge in [-0.25, -0.2) is 4.79 Å². The largest absolute Gasteiger partial charge is 0.494 e. The number of benzene rings is 2. The van der Waals surface area contributed by atoms with Gasteiger partial charge in [-0.15, -0.1) is 0 Å². The first-order chi connectivity index (χ1) is 15.5. The van der Waals surface area contributed by atoms with E-state index >= 15 is 0 Å². The number of amides is 3. The number of anilines is 2. The Bertz CT molecular complexity index is 920. The van der Waals surface area contributed by atoms with Crippen molar-refractivity contribution in [2.24, 2.45) is 5.92 Å². The molecule has 8 nitrogen and oxygen atoms in total. The van der Waals surface area contributed by atoms with E-state index in [2.05, 4.69) is 10.6 Å². The fourth-order valence-corrected chi connectivity index (χ4v) is 3.49. The molecule has 1 aliphatic heterocycles. The fourth-order valence-electron chi connectivity index (χ4n) is 3.49. The molecule has 0 atom stereocenters. The Morgan fingerprint density at radius 1 is 0.875 bits per heavy atom. The minimum atomic E-state index is -0.328. The maximum atomic E-state index is 12.6. The first-order valence-electron chi connectivity index (χ1n) is 10.9. The Hall–Kier alpha value is -3.55. The average Bonchev–Trinajstić information content (AvgIpc) is 2.81. The van der Waals surface area contributed by atoms with Crippen LogP contribution < -0.4 is 15.4 Å². The Morgan fingerprint density at radius 2 is 1.47 bits per heavy atom. The van der Waals surface area contributed by atoms with Gasteiger partial charge in [0.15, 0.2) is 0 Å². The van der Waals surface area contributed by atoms with Crippen LogP contribution in [0.1, 0.15) is 37.0 Å². The summed E-state index contributed by atoms with van der Waals surface area (Å²) in [6, 6.07) is 13.9. The average molecular weight is 440 g/mol. The lowest BCUT2D eigenvalue weighted by molar-refractivity contribution is -0.121. The molecular formula is C24H29N3O5. The van der Waals surface area contributed by atoms with Gasteiger partial charge >= 0.3 is 6.09 Å². The third-order valence-corrected chi connectivity index (χ3v) is 5.23. The van der Waals surface area contributed by atoms with Gasteiger partial charge in [0.25, 0.3) is 5.91 Å². The number of hydrogen-bond acceptors (Lipinski definition) is 5. The number of likely N-dealkylation sites (tertiary alicyclic amines) is 1. The Kier molecular flexibility index (Phi) is 8.08. The highest BCUT2D eigenvalue weighted by atomic mass is 16.6. The van der Waals surface area contributed by atoms with Crippen LogP contribution in [0.5, 0.6) is 5.75 Å². The SMILES string of the molecule is CCOC(=O)N1CCC(C(=O)Nc2ccc(C(=O)Nc3ccc(OCC)cc3)cc2)CC1. The highest BCUT2D eigenvalue weighted by Crippen LogP contribution is 2.21. The number of nitrogens with zero attached hydrogens (tertiary/aromatic N) is 1. The van der Waals surface area contributed by atoms with Crippen molar-refractivity contribution in [2.45, 2.75) is 26.7 Å². The molecule has 1 aliphatic rings. The third-order valence-electron chi connectivity index (χ3n) is 5.23. The second kappa shape index (κ2) is 11.2. The molecule has 170 valence electrons. The van der Waals surface area contributed by atoms with Gasteiger partial charge in [0, 0.05) is 35.9 Å². The summed E-state index contributed by atoms with van der Waals surface area (Å²) in [5.41, 5.74) is 1.78. The van der Waals surface area contributed by atoms with Gasteiger partial charge in [-0.05, 0) is 75.2 Å². The van der Waals surface area contributed by atoms with Crippen molar-refractivity contribution in [3.05, 3.63) is 54.1 Å². The summed E-state index contributed by atoms with van der Waals surface area (Å²) < 4.78 is 10.4. The Labute approximate surface area is 187 Å². The maximum absolute atomic E-state index is 12.6. The van der Waals surface area contributed by atoms with Crippen LogP contribution in [0.2, 0.25) is 0 Å². The predicted octanol–water partition coefficient (Wildman–Crippen LogP) is 4.14. The van der Waals surface area contributed by atoms with E-state index in [1.165, 1.54) is 0 Å². The fraction of sp³-hybridized carbons (Fsp3) is 0.375. The van der Waals surface area contributed by atoms with Gasteiger partial charge < -0.3 is 25.0 Å². The molecule has 2 N–H and O–H groups in total. The minimum absolute atomic E-state index is 0.0832. The number of nitrogens with one attached hydrogen (secondary N) is 2. The number of carbonyl (C=O) groups is 3. The number of hydrogen-bond donors (Lipinski definition) is 2. The van der Waals surface area contributed by atoms with Crippen LogP contribution >= 0.6 is 0 Å². The topological polar surface area (TPSA) is 97.0 Å². The van der Waals surface area contributed by atoms with Crippen molar-refractivity contribution in [2.75, 3.05) is 36.9 Å². The Morgan fingerprint density at radius 3 is 2.06 bits per heavy atom. The summed E-state index contributed by atoms with van der Waals surface area (Å²) in [6.45, 7) is 5.61. The lowest BCUT2D eigenvalue weighted by atomic mass is 9.96. The standard InChI is InChI=1S/C24H29N3O5/c1-3-31-21-11-9-20(10-12-21)26-22(28)17-5-7-19(8-6-17)25-23(29)18-13-15-27(16-14-18)24(30)32-4-2/h5-12,18H,3-4,13-16H2,1-2H3,(H,25,29)(H,26,28). The van der Waals surface area contributed by atoms with Crippen LogP contribution in [0.25, 0.3) is 0 Å². The lowest BCUT2D eigenvalue weighted by Crippen LogP contribution is -2.41. The van der Waals surface area contributed by atoms with E-state index < -0.39 is 0 Å². The second-order valence-electron chi connectivity index (χ2n) is 7.44. The van der Waals surface area contributed by atoms with Crippen molar-refractivity contribution in [1.29, 1.82) is 0 Å². The van der Waals surface area contributed by atoms with Gasteiger partial charge in [0.1, 0.15) is 5.75 Å². The van der Waals surface area contributed by atoms with Crippen molar-refractivity contribution >= 4 is 29.3 Å². The molecule has 2 aromatic rings. The van der Waals surface area contributed by atoms with Crippen molar-refractivity contribution in [3.63, 3.8) is 0 Å². The molecule has 0 radical (unpaired) electrons. The Balaban J connectivity index is 1.49. The summed E-state index contributed by atoms with van der Waals surface area (Å²) in [6.07, 6.45) is 0.853. The quantitative estimate of drug-likeness (QED) is 0.676. The molecule has 1 heterocycles. The number of carbonyl (C=O) groups excluding carboxylic acids is 3. The summed E-state index contributed by atoms with van der Waals surface area (Å²) in [5.74, 6) is 0.263. The monoisotopic (exact) mass is 439 g/mol. The minimum Gasteiger partial charge on any atom is -0.494 e. The molecule has 1 saturated heterocycles. The van der Waals surface area contributed by atoms with Crippen LogP contribution in [-0.2, 0) is 9.53 Å². The van der Waals surface area contributed by atoms with E-state index in [4.69, 9.17) is 9.47 Å². The molecule has 1 fully saturated rings. The first kappa shape index (κ1) is 23.1. The van der Waals surface area contributed by atoms with E-state index in [9.17, 15) is 14.4 Å².